The quantitative estimate of drug-likeness (QED) is 0.858. The smallest absolute Gasteiger partial charge is 0.245 e. The van der Waals surface area contributed by atoms with E-state index in [1.165, 1.54) is 12.1 Å². The monoisotopic (exact) mass is 359 g/mol. The molecule has 1 amide bonds. The highest BCUT2D eigenvalue weighted by atomic mass is 19.1. The van der Waals surface area contributed by atoms with E-state index < -0.39 is 5.54 Å². The molecule has 6 nitrogen and oxygen atoms in total. The minimum absolute atomic E-state index is 0.0576. The Morgan fingerprint density at radius 2 is 2.04 bits per heavy atom. The number of rotatable bonds is 5. The summed E-state index contributed by atoms with van der Waals surface area (Å²) in [5.41, 5.74) is 2.07. The lowest BCUT2D eigenvalue weighted by atomic mass is 9.86. The van der Waals surface area contributed by atoms with Gasteiger partial charge in [0.05, 0.1) is 11.4 Å². The maximum Gasteiger partial charge on any atom is 0.245 e. The van der Waals surface area contributed by atoms with Crippen LogP contribution in [0.25, 0.3) is 0 Å². The summed E-state index contributed by atoms with van der Waals surface area (Å²) >= 11 is 0. The fourth-order valence-electron chi connectivity index (χ4n) is 3.62. The first-order valence-corrected chi connectivity index (χ1v) is 8.90. The van der Waals surface area contributed by atoms with Crippen molar-refractivity contribution < 1.29 is 9.18 Å². The van der Waals surface area contributed by atoms with Gasteiger partial charge in [-0.2, -0.15) is 5.10 Å². The van der Waals surface area contributed by atoms with E-state index in [0.29, 0.717) is 18.5 Å². The molecule has 3 rings (SSSR count). The third kappa shape index (κ3) is 3.88. The van der Waals surface area contributed by atoms with E-state index in [1.807, 2.05) is 18.7 Å². The van der Waals surface area contributed by atoms with Gasteiger partial charge in [0.2, 0.25) is 5.91 Å². The molecule has 140 valence electrons. The minimum atomic E-state index is -0.721. The van der Waals surface area contributed by atoms with Gasteiger partial charge in [-0.25, -0.2) is 4.39 Å². The first-order valence-electron chi connectivity index (χ1n) is 8.90. The van der Waals surface area contributed by atoms with Crippen molar-refractivity contribution in [3.05, 3.63) is 47.5 Å². The topological polar surface area (TPSA) is 62.2 Å². The molecule has 1 saturated heterocycles. The van der Waals surface area contributed by atoms with E-state index in [0.717, 1.165) is 31.0 Å². The molecule has 1 aromatic heterocycles. The molecule has 0 aliphatic carbocycles. The summed E-state index contributed by atoms with van der Waals surface area (Å²) in [5.74, 6) is -0.371. The van der Waals surface area contributed by atoms with Crippen LogP contribution in [0.15, 0.2) is 30.3 Å². The number of aryl methyl sites for hydroxylation is 2. The molecule has 2 N–H and O–H groups in total. The van der Waals surface area contributed by atoms with E-state index >= 15 is 0 Å². The van der Waals surface area contributed by atoms with Crippen molar-refractivity contribution in [3.8, 4) is 0 Å². The molecule has 0 saturated carbocycles. The summed E-state index contributed by atoms with van der Waals surface area (Å²) in [6.45, 7) is 4.35. The van der Waals surface area contributed by atoms with Crippen molar-refractivity contribution in [1.29, 1.82) is 0 Å². The number of likely N-dealkylation sites (N-methyl/N-ethyl adjacent to an activating group) is 1. The molecule has 1 aliphatic rings. The maximum atomic E-state index is 13.5. The molecule has 26 heavy (non-hydrogen) atoms. The van der Waals surface area contributed by atoms with Gasteiger partial charge < -0.3 is 10.6 Å². The predicted molar refractivity (Wildman–Crippen MR) is 99.3 cm³/mol. The van der Waals surface area contributed by atoms with Gasteiger partial charge in [0.1, 0.15) is 11.4 Å². The summed E-state index contributed by atoms with van der Waals surface area (Å²) in [6, 6.07) is 8.35. The van der Waals surface area contributed by atoms with Gasteiger partial charge in [-0.1, -0.05) is 6.07 Å². The number of benzene rings is 1. The van der Waals surface area contributed by atoms with E-state index in [2.05, 4.69) is 26.7 Å². The van der Waals surface area contributed by atoms with Gasteiger partial charge in [-0.3, -0.25) is 14.4 Å². The fourth-order valence-corrected chi connectivity index (χ4v) is 3.62. The van der Waals surface area contributed by atoms with E-state index in [4.69, 9.17) is 0 Å². The van der Waals surface area contributed by atoms with Gasteiger partial charge in [0, 0.05) is 39.4 Å². The Morgan fingerprint density at radius 3 is 2.62 bits per heavy atom. The van der Waals surface area contributed by atoms with Crippen molar-refractivity contribution in [1.82, 2.24) is 20.0 Å². The normalized spacial score (nSPS) is 17.1. The second-order valence-electron chi connectivity index (χ2n) is 6.97. The number of aromatic nitrogens is 2. The molecular formula is C19H26FN5O. The summed E-state index contributed by atoms with van der Waals surface area (Å²) < 4.78 is 15.4. The molecule has 0 radical (unpaired) electrons. The van der Waals surface area contributed by atoms with Crippen LogP contribution in [0.1, 0.15) is 24.2 Å². The Kier molecular flexibility index (Phi) is 5.27. The van der Waals surface area contributed by atoms with Crippen LogP contribution in [0.4, 0.5) is 10.1 Å². The van der Waals surface area contributed by atoms with E-state index in [-0.39, 0.29) is 11.7 Å². The second-order valence-corrected chi connectivity index (χ2v) is 6.97. The van der Waals surface area contributed by atoms with Crippen LogP contribution in [-0.2, 0) is 18.4 Å². The number of carbonyl (C=O) groups is 1. The highest BCUT2D eigenvalue weighted by Gasteiger charge is 2.41. The summed E-state index contributed by atoms with van der Waals surface area (Å²) in [4.78, 5) is 14.9. The number of nitrogens with zero attached hydrogens (tertiary/aromatic N) is 3. The molecule has 1 aliphatic heterocycles. The molecule has 1 aromatic carbocycles. The standard InChI is InChI=1S/C19H26FN5O/c1-14-11-17(24(3)23-14)13-25-9-7-19(8-10-25,18(26)21-2)22-16-6-4-5-15(20)12-16/h4-6,11-12,22H,7-10,13H2,1-3H3,(H,21,26). The Balaban J connectivity index is 1.71. The summed E-state index contributed by atoms with van der Waals surface area (Å²) in [5, 5.41) is 10.4. The minimum Gasteiger partial charge on any atom is -0.371 e. The van der Waals surface area contributed by atoms with Crippen LogP contribution in [0, 0.1) is 12.7 Å². The number of hydrogen-bond donors (Lipinski definition) is 2. The molecular weight excluding hydrogens is 333 g/mol. The number of hydrogen-bond acceptors (Lipinski definition) is 4. The highest BCUT2D eigenvalue weighted by Crippen LogP contribution is 2.28. The predicted octanol–water partition coefficient (Wildman–Crippen LogP) is 2.06. The Labute approximate surface area is 153 Å². The zero-order valence-corrected chi connectivity index (χ0v) is 15.6. The van der Waals surface area contributed by atoms with Crippen LogP contribution in [0.5, 0.6) is 0 Å². The number of likely N-dealkylation sites (tertiary alicyclic amines) is 1. The first-order chi connectivity index (χ1) is 12.4. The van der Waals surface area contributed by atoms with Gasteiger partial charge in [0.25, 0.3) is 0 Å². The van der Waals surface area contributed by atoms with E-state index in [1.54, 1.807) is 19.2 Å². The molecule has 1 fully saturated rings. The van der Waals surface area contributed by atoms with Crippen molar-refractivity contribution >= 4 is 11.6 Å². The van der Waals surface area contributed by atoms with Crippen LogP contribution in [-0.4, -0.2) is 46.3 Å². The number of halogens is 1. The zero-order valence-electron chi connectivity index (χ0n) is 15.6. The van der Waals surface area contributed by atoms with Crippen molar-refractivity contribution in [3.63, 3.8) is 0 Å². The Morgan fingerprint density at radius 1 is 1.31 bits per heavy atom. The van der Waals surface area contributed by atoms with Crippen LogP contribution in [0.2, 0.25) is 0 Å². The lowest BCUT2D eigenvalue weighted by Gasteiger charge is -2.41. The lowest BCUT2D eigenvalue weighted by molar-refractivity contribution is -0.126. The van der Waals surface area contributed by atoms with E-state index in [9.17, 15) is 9.18 Å². The zero-order chi connectivity index (χ0) is 18.7. The average molecular weight is 359 g/mol. The van der Waals surface area contributed by atoms with Crippen molar-refractivity contribution in [2.45, 2.75) is 31.8 Å². The molecule has 7 heteroatoms. The number of carbonyl (C=O) groups excluding carboxylic acids is 1. The van der Waals surface area contributed by atoms with Gasteiger partial charge in [0.15, 0.2) is 0 Å². The molecule has 0 bridgehead atoms. The largest absolute Gasteiger partial charge is 0.371 e. The highest BCUT2D eigenvalue weighted by molar-refractivity contribution is 5.89. The molecule has 0 atom stereocenters. The second kappa shape index (κ2) is 7.45. The average Bonchev–Trinajstić information content (AvgIpc) is 2.93. The third-order valence-corrected chi connectivity index (χ3v) is 5.06. The Hall–Kier alpha value is -2.41. The van der Waals surface area contributed by atoms with Crippen molar-refractivity contribution in [2.75, 3.05) is 25.5 Å². The SMILES string of the molecule is CNC(=O)C1(Nc2cccc(F)c2)CCN(Cc2cc(C)nn2C)CC1. The number of amides is 1. The maximum absolute atomic E-state index is 13.5. The van der Waals surface area contributed by atoms with Crippen molar-refractivity contribution in [2.24, 2.45) is 7.05 Å². The molecule has 2 aromatic rings. The number of anilines is 1. The fraction of sp³-hybridized carbons (Fsp3) is 0.474. The molecule has 2 heterocycles. The molecule has 0 unspecified atom stereocenters. The number of nitrogens with one attached hydrogen (secondary N) is 2. The van der Waals surface area contributed by atoms with Crippen LogP contribution < -0.4 is 10.6 Å². The third-order valence-electron chi connectivity index (χ3n) is 5.06. The Bertz CT molecular complexity index is 780. The first kappa shape index (κ1) is 18.4. The summed E-state index contributed by atoms with van der Waals surface area (Å²) in [7, 11) is 3.59. The van der Waals surface area contributed by atoms with Gasteiger partial charge in [-0.05, 0) is 44.0 Å². The summed E-state index contributed by atoms with van der Waals surface area (Å²) in [6.07, 6.45) is 1.31. The van der Waals surface area contributed by atoms with Gasteiger partial charge in [-0.15, -0.1) is 0 Å². The van der Waals surface area contributed by atoms with Gasteiger partial charge >= 0.3 is 0 Å². The van der Waals surface area contributed by atoms with Crippen LogP contribution >= 0.6 is 0 Å². The van der Waals surface area contributed by atoms with Crippen LogP contribution in [0.3, 0.4) is 0 Å². The lowest BCUT2D eigenvalue weighted by Crippen LogP contribution is -2.57. The number of piperidine rings is 1. The molecule has 0 spiro atoms.